The van der Waals surface area contributed by atoms with Crippen LogP contribution >= 0.6 is 15.9 Å². The summed E-state index contributed by atoms with van der Waals surface area (Å²) in [6.45, 7) is 6.51. The fourth-order valence-electron chi connectivity index (χ4n) is 1.65. The minimum absolute atomic E-state index is 0.271. The Hall–Kier alpha value is -0.540. The highest BCUT2D eigenvalue weighted by molar-refractivity contribution is 9.10. The highest BCUT2D eigenvalue weighted by atomic mass is 79.9. The van der Waals surface area contributed by atoms with Crippen LogP contribution in [-0.4, -0.2) is 19.2 Å². The van der Waals surface area contributed by atoms with E-state index in [4.69, 9.17) is 4.74 Å². The lowest BCUT2D eigenvalue weighted by molar-refractivity contribution is 0.207. The van der Waals surface area contributed by atoms with Gasteiger partial charge in [0.15, 0.2) is 0 Å². The van der Waals surface area contributed by atoms with Crippen molar-refractivity contribution in [3.05, 3.63) is 28.7 Å². The first-order valence-electron chi connectivity index (χ1n) is 6.35. The molecule has 0 spiro atoms. The van der Waals surface area contributed by atoms with Crippen LogP contribution in [-0.2, 0) is 0 Å². The van der Waals surface area contributed by atoms with Gasteiger partial charge in [-0.3, -0.25) is 0 Å². The zero-order valence-corrected chi connectivity index (χ0v) is 12.3. The number of rotatable bonds is 8. The minimum atomic E-state index is 0.271. The Labute approximate surface area is 113 Å². The second kappa shape index (κ2) is 8.54. The average Bonchev–Trinajstić information content (AvgIpc) is 2.29. The van der Waals surface area contributed by atoms with Crippen LogP contribution in [0.25, 0.3) is 0 Å². The summed E-state index contributed by atoms with van der Waals surface area (Å²) in [6.07, 6.45) is 3.72. The van der Waals surface area contributed by atoms with Crippen molar-refractivity contribution in [2.45, 2.75) is 39.2 Å². The molecule has 2 nitrogen and oxygen atoms in total. The summed E-state index contributed by atoms with van der Waals surface area (Å²) < 4.78 is 6.91. The quantitative estimate of drug-likeness (QED) is 0.733. The number of hydrogen-bond acceptors (Lipinski definition) is 2. The molecule has 1 unspecified atom stereocenters. The molecule has 0 aliphatic rings. The summed E-state index contributed by atoms with van der Waals surface area (Å²) in [5.41, 5.74) is 0. The van der Waals surface area contributed by atoms with Crippen molar-refractivity contribution in [2.75, 3.05) is 13.1 Å². The average molecular weight is 300 g/mol. The maximum atomic E-state index is 5.84. The number of halogens is 1. The second-order valence-corrected chi connectivity index (χ2v) is 5.19. The van der Waals surface area contributed by atoms with Gasteiger partial charge in [0.05, 0.1) is 6.10 Å². The molecule has 1 aromatic carbocycles. The Morgan fingerprint density at radius 3 is 2.88 bits per heavy atom. The van der Waals surface area contributed by atoms with Crippen LogP contribution in [0, 0.1) is 0 Å². The Balaban J connectivity index is 2.18. The van der Waals surface area contributed by atoms with Gasteiger partial charge >= 0.3 is 0 Å². The summed E-state index contributed by atoms with van der Waals surface area (Å²) >= 11 is 3.44. The minimum Gasteiger partial charge on any atom is -0.491 e. The Morgan fingerprint density at radius 1 is 1.35 bits per heavy atom. The van der Waals surface area contributed by atoms with E-state index in [1.165, 1.54) is 6.42 Å². The summed E-state index contributed by atoms with van der Waals surface area (Å²) in [5, 5.41) is 3.40. The van der Waals surface area contributed by atoms with Crippen molar-refractivity contribution in [3.63, 3.8) is 0 Å². The molecule has 17 heavy (non-hydrogen) atoms. The molecule has 1 atom stereocenters. The lowest BCUT2D eigenvalue weighted by Crippen LogP contribution is -2.19. The number of ether oxygens (including phenoxy) is 1. The summed E-state index contributed by atoms with van der Waals surface area (Å²) in [4.78, 5) is 0. The summed E-state index contributed by atoms with van der Waals surface area (Å²) in [5.74, 6) is 0.938. The topological polar surface area (TPSA) is 21.3 Å². The van der Waals surface area contributed by atoms with Crippen LogP contribution in [0.15, 0.2) is 28.7 Å². The molecule has 0 fully saturated rings. The first-order chi connectivity index (χ1) is 8.22. The van der Waals surface area contributed by atoms with Gasteiger partial charge in [0.2, 0.25) is 0 Å². The molecule has 0 saturated heterocycles. The SMILES string of the molecule is CCCNCCCC(C)Oc1cccc(Br)c1. The van der Waals surface area contributed by atoms with Crippen molar-refractivity contribution >= 4 is 15.9 Å². The molecule has 0 aliphatic heterocycles. The van der Waals surface area contributed by atoms with Gasteiger partial charge in [0.25, 0.3) is 0 Å². The van der Waals surface area contributed by atoms with Crippen LogP contribution in [0.3, 0.4) is 0 Å². The maximum Gasteiger partial charge on any atom is 0.120 e. The van der Waals surface area contributed by atoms with E-state index in [2.05, 4.69) is 35.1 Å². The third-order valence-corrected chi connectivity index (χ3v) is 3.02. The molecule has 1 N–H and O–H groups in total. The lowest BCUT2D eigenvalue weighted by atomic mass is 10.2. The van der Waals surface area contributed by atoms with E-state index in [1.807, 2.05) is 24.3 Å². The summed E-state index contributed by atoms with van der Waals surface area (Å²) in [7, 11) is 0. The molecule has 0 radical (unpaired) electrons. The van der Waals surface area contributed by atoms with Gasteiger partial charge in [0, 0.05) is 4.47 Å². The molecule has 0 amide bonds. The standard InChI is InChI=1S/C14H22BrNO/c1-3-9-16-10-5-6-12(2)17-14-8-4-7-13(15)11-14/h4,7-8,11-12,16H,3,5-6,9-10H2,1-2H3. The van der Waals surface area contributed by atoms with Gasteiger partial charge in [-0.15, -0.1) is 0 Å². The molecular formula is C14H22BrNO. The van der Waals surface area contributed by atoms with E-state index in [0.29, 0.717) is 0 Å². The van der Waals surface area contributed by atoms with Crippen molar-refractivity contribution in [2.24, 2.45) is 0 Å². The number of nitrogens with one attached hydrogen (secondary N) is 1. The van der Waals surface area contributed by atoms with E-state index < -0.39 is 0 Å². The Morgan fingerprint density at radius 2 is 2.18 bits per heavy atom. The highest BCUT2D eigenvalue weighted by Gasteiger charge is 2.03. The third kappa shape index (κ3) is 6.69. The molecule has 0 heterocycles. The molecule has 1 aromatic rings. The fraction of sp³-hybridized carbons (Fsp3) is 0.571. The monoisotopic (exact) mass is 299 g/mol. The first-order valence-corrected chi connectivity index (χ1v) is 7.14. The van der Waals surface area contributed by atoms with Crippen molar-refractivity contribution < 1.29 is 4.74 Å². The molecule has 0 saturated carbocycles. The predicted octanol–water partition coefficient (Wildman–Crippen LogP) is 4.00. The van der Waals surface area contributed by atoms with Gasteiger partial charge in [-0.25, -0.2) is 0 Å². The van der Waals surface area contributed by atoms with Crippen LogP contribution in [0.4, 0.5) is 0 Å². The van der Waals surface area contributed by atoms with Crippen molar-refractivity contribution in [1.29, 1.82) is 0 Å². The zero-order chi connectivity index (χ0) is 12.5. The lowest BCUT2D eigenvalue weighted by Gasteiger charge is -2.15. The first kappa shape index (κ1) is 14.5. The van der Waals surface area contributed by atoms with Crippen molar-refractivity contribution in [1.82, 2.24) is 5.32 Å². The molecule has 0 aliphatic carbocycles. The summed E-state index contributed by atoms with van der Waals surface area (Å²) in [6, 6.07) is 8.00. The van der Waals surface area contributed by atoms with Gasteiger partial charge < -0.3 is 10.1 Å². The van der Waals surface area contributed by atoms with E-state index in [9.17, 15) is 0 Å². The maximum absolute atomic E-state index is 5.84. The number of benzene rings is 1. The highest BCUT2D eigenvalue weighted by Crippen LogP contribution is 2.19. The van der Waals surface area contributed by atoms with Gasteiger partial charge in [-0.05, 0) is 57.5 Å². The Bertz CT molecular complexity index is 317. The normalized spacial score (nSPS) is 12.4. The van der Waals surface area contributed by atoms with Crippen LogP contribution in [0.5, 0.6) is 5.75 Å². The third-order valence-electron chi connectivity index (χ3n) is 2.52. The molecule has 1 rings (SSSR count). The Kier molecular flexibility index (Phi) is 7.29. The van der Waals surface area contributed by atoms with E-state index >= 15 is 0 Å². The molecular weight excluding hydrogens is 278 g/mol. The van der Waals surface area contributed by atoms with Crippen LogP contribution in [0.1, 0.15) is 33.1 Å². The predicted molar refractivity (Wildman–Crippen MR) is 76.6 cm³/mol. The van der Waals surface area contributed by atoms with E-state index in [1.54, 1.807) is 0 Å². The zero-order valence-electron chi connectivity index (χ0n) is 10.7. The second-order valence-electron chi connectivity index (χ2n) is 4.28. The van der Waals surface area contributed by atoms with E-state index in [-0.39, 0.29) is 6.10 Å². The largest absolute Gasteiger partial charge is 0.491 e. The van der Waals surface area contributed by atoms with Gasteiger partial charge in [0.1, 0.15) is 5.75 Å². The fourth-order valence-corrected chi connectivity index (χ4v) is 2.03. The van der Waals surface area contributed by atoms with Gasteiger partial charge in [-0.1, -0.05) is 28.9 Å². The van der Waals surface area contributed by atoms with Crippen LogP contribution < -0.4 is 10.1 Å². The van der Waals surface area contributed by atoms with Crippen LogP contribution in [0.2, 0.25) is 0 Å². The smallest absolute Gasteiger partial charge is 0.120 e. The van der Waals surface area contributed by atoms with Gasteiger partial charge in [-0.2, -0.15) is 0 Å². The molecule has 96 valence electrons. The van der Waals surface area contributed by atoms with Crippen molar-refractivity contribution in [3.8, 4) is 5.75 Å². The number of hydrogen-bond donors (Lipinski definition) is 1. The molecule has 3 heteroatoms. The van der Waals surface area contributed by atoms with E-state index in [0.717, 1.165) is 36.2 Å². The molecule has 0 bridgehead atoms. The molecule has 0 aromatic heterocycles.